The van der Waals surface area contributed by atoms with Gasteiger partial charge in [-0.3, -0.25) is 10.1 Å². The lowest BCUT2D eigenvalue weighted by molar-refractivity contribution is -0.384. The van der Waals surface area contributed by atoms with E-state index in [9.17, 15) is 15.3 Å². The Labute approximate surface area is 103 Å². The molecule has 1 aromatic carbocycles. The van der Waals surface area contributed by atoms with Gasteiger partial charge in [-0.25, -0.2) is 4.76 Å². The number of non-ortho nitro benzene ring substituents is 1. The topological polar surface area (TPSA) is 108 Å². The van der Waals surface area contributed by atoms with Crippen LogP contribution in [0, 0.1) is 15.3 Å². The van der Waals surface area contributed by atoms with Gasteiger partial charge in [-0.2, -0.15) is 10.1 Å². The summed E-state index contributed by atoms with van der Waals surface area (Å²) in [7, 11) is 1.44. The second-order valence-corrected chi connectivity index (χ2v) is 4.01. The van der Waals surface area contributed by atoms with Crippen molar-refractivity contribution in [2.45, 2.75) is 6.92 Å². The van der Waals surface area contributed by atoms with Gasteiger partial charge in [-0.05, 0) is 6.92 Å². The molecule has 0 fully saturated rings. The number of benzene rings is 1. The van der Waals surface area contributed by atoms with E-state index in [2.05, 4.69) is 5.10 Å². The molecule has 1 heterocycles. The van der Waals surface area contributed by atoms with Crippen LogP contribution in [0.3, 0.4) is 0 Å². The first kappa shape index (κ1) is 12.3. The van der Waals surface area contributed by atoms with Crippen LogP contribution in [0.15, 0.2) is 23.3 Å². The van der Waals surface area contributed by atoms with Gasteiger partial charge in [-0.1, -0.05) is 0 Å². The Balaban J connectivity index is 2.66. The third kappa shape index (κ3) is 1.50. The lowest BCUT2D eigenvalue weighted by Gasteiger charge is -2.40. The van der Waals surface area contributed by atoms with Gasteiger partial charge in [0.1, 0.15) is 0 Å². The van der Waals surface area contributed by atoms with E-state index in [4.69, 9.17) is 5.84 Å². The highest BCUT2D eigenvalue weighted by Crippen LogP contribution is 2.37. The number of hydrogen-bond donors (Lipinski definition) is 1. The predicted octanol–water partition coefficient (Wildman–Crippen LogP) is 0.900. The monoisotopic (exact) mass is 251 g/mol. The molecular weight excluding hydrogens is 238 g/mol. The van der Waals surface area contributed by atoms with Crippen LogP contribution in [0.1, 0.15) is 12.5 Å². The summed E-state index contributed by atoms with van der Waals surface area (Å²) in [5.74, 6) is 5.56. The Morgan fingerprint density at radius 1 is 1.56 bits per heavy atom. The minimum absolute atomic E-state index is 0.0900. The van der Waals surface area contributed by atoms with Gasteiger partial charge in [0.05, 0.1) is 24.1 Å². The largest absolute Gasteiger partial charge is 0.601 e. The highest BCUT2D eigenvalue weighted by Gasteiger charge is 2.40. The van der Waals surface area contributed by atoms with Gasteiger partial charge in [-0.15, -0.1) is 0 Å². The number of nitro benzene ring substituents is 1. The van der Waals surface area contributed by atoms with Crippen molar-refractivity contribution in [2.75, 3.05) is 13.6 Å². The van der Waals surface area contributed by atoms with Crippen molar-refractivity contribution in [1.29, 1.82) is 0 Å². The van der Waals surface area contributed by atoms with Crippen LogP contribution in [0.4, 0.5) is 11.4 Å². The molecule has 0 aliphatic carbocycles. The van der Waals surface area contributed by atoms with Gasteiger partial charge >= 0.3 is 0 Å². The molecule has 8 nitrogen and oxygen atoms in total. The zero-order valence-corrected chi connectivity index (χ0v) is 10.0. The standard InChI is InChI=1S/C10H13N5O3/c1-3-13-10(12-11)8-6-7(14(16)17)4-5-9(8)15(13,2)18/h4-6H,3,11H2,1-2H3. The maximum absolute atomic E-state index is 12.5. The molecule has 8 heteroatoms. The quantitative estimate of drug-likeness (QED) is 0.276. The molecule has 1 unspecified atom stereocenters. The normalized spacial score (nSPS) is 24.4. The van der Waals surface area contributed by atoms with E-state index in [-0.39, 0.29) is 11.5 Å². The molecule has 0 radical (unpaired) electrons. The summed E-state index contributed by atoms with van der Waals surface area (Å²) in [5, 5.41) is 28.2. The Bertz CT molecular complexity index is 540. The molecule has 0 spiro atoms. The molecule has 1 aliphatic heterocycles. The van der Waals surface area contributed by atoms with Crippen LogP contribution in [-0.2, 0) is 0 Å². The van der Waals surface area contributed by atoms with E-state index >= 15 is 0 Å². The average molecular weight is 251 g/mol. The molecule has 1 aliphatic rings. The van der Waals surface area contributed by atoms with Crippen LogP contribution in [0.5, 0.6) is 0 Å². The Morgan fingerprint density at radius 3 is 2.72 bits per heavy atom. The molecule has 96 valence electrons. The van der Waals surface area contributed by atoms with E-state index in [1.54, 1.807) is 6.92 Å². The van der Waals surface area contributed by atoms with Crippen molar-refractivity contribution < 1.29 is 4.92 Å². The summed E-state index contributed by atoms with van der Waals surface area (Å²) >= 11 is 0. The number of hydrazone groups is 1. The lowest BCUT2D eigenvalue weighted by atomic mass is 10.1. The van der Waals surface area contributed by atoms with Crippen molar-refractivity contribution in [1.82, 2.24) is 9.76 Å². The average Bonchev–Trinajstić information content (AvgIpc) is 2.55. The predicted molar refractivity (Wildman–Crippen MR) is 67.3 cm³/mol. The van der Waals surface area contributed by atoms with Crippen molar-refractivity contribution in [2.24, 2.45) is 10.9 Å². The fourth-order valence-electron chi connectivity index (χ4n) is 2.18. The molecule has 1 aromatic rings. The number of amidine groups is 1. The molecule has 0 aromatic heterocycles. The van der Waals surface area contributed by atoms with Gasteiger partial charge in [0, 0.05) is 18.2 Å². The maximum Gasteiger partial charge on any atom is 0.270 e. The molecule has 0 saturated carbocycles. The molecule has 0 amide bonds. The van der Waals surface area contributed by atoms with Crippen molar-refractivity contribution in [3.05, 3.63) is 39.1 Å². The first-order chi connectivity index (χ1) is 8.43. The maximum atomic E-state index is 12.5. The number of nitro groups is 1. The fraction of sp³-hybridized carbons (Fsp3) is 0.300. The highest BCUT2D eigenvalue weighted by atomic mass is 16.6. The van der Waals surface area contributed by atoms with Crippen LogP contribution in [-0.4, -0.2) is 29.4 Å². The SMILES string of the molecule is CCN1C(=NN)c2cc([N+](=O)[O-])ccc2[N+]1(C)[O-]. The van der Waals surface area contributed by atoms with E-state index in [0.717, 1.165) is 0 Å². The van der Waals surface area contributed by atoms with Gasteiger partial charge in [0.15, 0.2) is 5.69 Å². The van der Waals surface area contributed by atoms with Crippen molar-refractivity contribution >= 4 is 17.2 Å². The second-order valence-electron chi connectivity index (χ2n) is 4.01. The summed E-state index contributed by atoms with van der Waals surface area (Å²) in [4.78, 5) is 10.2. The summed E-state index contributed by atoms with van der Waals surface area (Å²) in [6, 6.07) is 4.08. The zero-order chi connectivity index (χ0) is 13.5. The Kier molecular flexibility index (Phi) is 2.68. The molecular formula is C10H13N5O3. The fourth-order valence-corrected chi connectivity index (χ4v) is 2.18. The molecule has 1 atom stereocenters. The third-order valence-electron chi connectivity index (χ3n) is 3.01. The number of rotatable bonds is 2. The summed E-state index contributed by atoms with van der Waals surface area (Å²) in [5.41, 5.74) is 0.713. The van der Waals surface area contributed by atoms with Crippen molar-refractivity contribution in [3.63, 3.8) is 0 Å². The summed E-state index contributed by atoms with van der Waals surface area (Å²) < 4.78 is -0.792. The van der Waals surface area contributed by atoms with Crippen LogP contribution < -0.4 is 10.6 Å². The van der Waals surface area contributed by atoms with E-state index < -0.39 is 9.68 Å². The van der Waals surface area contributed by atoms with Crippen LogP contribution >= 0.6 is 0 Å². The highest BCUT2D eigenvalue weighted by molar-refractivity contribution is 6.07. The zero-order valence-electron chi connectivity index (χ0n) is 10.0. The smallest absolute Gasteiger partial charge is 0.270 e. The number of nitrogens with zero attached hydrogens (tertiary/aromatic N) is 4. The first-order valence-electron chi connectivity index (χ1n) is 5.36. The minimum Gasteiger partial charge on any atom is -0.601 e. The number of quaternary nitrogens is 1. The minimum atomic E-state index is -0.792. The first-order valence-corrected chi connectivity index (χ1v) is 5.36. The number of fused-ring (bicyclic) bond motifs is 1. The van der Waals surface area contributed by atoms with E-state index in [1.807, 2.05) is 0 Å². The third-order valence-corrected chi connectivity index (χ3v) is 3.01. The molecule has 0 saturated heterocycles. The number of hydrogen-bond acceptors (Lipinski definition) is 5. The number of hydroxylamine groups is 1. The molecule has 0 bridgehead atoms. The van der Waals surface area contributed by atoms with E-state index in [1.165, 1.54) is 30.3 Å². The van der Waals surface area contributed by atoms with Gasteiger partial charge in [0.2, 0.25) is 5.84 Å². The van der Waals surface area contributed by atoms with Crippen LogP contribution in [0.2, 0.25) is 0 Å². The van der Waals surface area contributed by atoms with Gasteiger partial charge in [0.25, 0.3) is 5.69 Å². The van der Waals surface area contributed by atoms with Gasteiger partial charge < -0.3 is 11.0 Å². The number of nitrogens with two attached hydrogens (primary N) is 1. The van der Waals surface area contributed by atoms with Crippen LogP contribution in [0.25, 0.3) is 0 Å². The second kappa shape index (κ2) is 3.93. The Hall–Kier alpha value is -2.19. The molecule has 2 N–H and O–H groups in total. The molecule has 2 rings (SSSR count). The molecule has 18 heavy (non-hydrogen) atoms. The van der Waals surface area contributed by atoms with Crippen molar-refractivity contribution in [3.8, 4) is 0 Å². The van der Waals surface area contributed by atoms with E-state index in [0.29, 0.717) is 17.8 Å². The Morgan fingerprint density at radius 2 is 2.22 bits per heavy atom. The summed E-state index contributed by atoms with van der Waals surface area (Å²) in [6.07, 6.45) is 0. The lowest BCUT2D eigenvalue weighted by Crippen LogP contribution is -2.52. The summed E-state index contributed by atoms with van der Waals surface area (Å²) in [6.45, 7) is 2.19.